The van der Waals surface area contributed by atoms with Crippen LogP contribution in [-0.4, -0.2) is 25.6 Å². The summed E-state index contributed by atoms with van der Waals surface area (Å²) in [6.45, 7) is 4.16. The molecule has 1 amide bonds. The second kappa shape index (κ2) is 9.50. The summed E-state index contributed by atoms with van der Waals surface area (Å²) in [6, 6.07) is 19.2. The number of fused-ring (bicyclic) bond motifs is 1. The second-order valence-electron chi connectivity index (χ2n) is 8.66. The van der Waals surface area contributed by atoms with Gasteiger partial charge in [-0.25, -0.2) is 4.39 Å². The first-order valence-corrected chi connectivity index (χ1v) is 11.4. The molecule has 0 saturated carbocycles. The number of pyridine rings is 1. The minimum Gasteiger partial charge on any atom is -0.339 e. The molecule has 0 aliphatic rings. The van der Waals surface area contributed by atoms with Crippen molar-refractivity contribution in [2.24, 2.45) is 5.92 Å². The van der Waals surface area contributed by atoms with E-state index in [-0.39, 0.29) is 24.2 Å². The summed E-state index contributed by atoms with van der Waals surface area (Å²) in [5.74, 6) is 0.0685. The van der Waals surface area contributed by atoms with Crippen molar-refractivity contribution in [1.29, 1.82) is 0 Å². The Balaban J connectivity index is 1.48. The van der Waals surface area contributed by atoms with Crippen molar-refractivity contribution >= 4 is 16.8 Å². The van der Waals surface area contributed by atoms with Crippen molar-refractivity contribution in [2.45, 2.75) is 26.4 Å². The van der Waals surface area contributed by atoms with Crippen LogP contribution >= 0.6 is 0 Å². The number of benzene rings is 2. The van der Waals surface area contributed by atoms with Crippen LogP contribution in [0.4, 0.5) is 4.39 Å². The zero-order valence-corrected chi connectivity index (χ0v) is 19.4. The van der Waals surface area contributed by atoms with Gasteiger partial charge < -0.3 is 14.4 Å². The predicted octanol–water partition coefficient (Wildman–Crippen LogP) is 5.40. The SMILES string of the molecule is CC(C)C(NC(=O)c1cc2ccccc2n1Cc1ccccc1F)c1nc(-c2cccnc2)no1. The fourth-order valence-corrected chi connectivity index (χ4v) is 4.07. The number of halogens is 1. The summed E-state index contributed by atoms with van der Waals surface area (Å²) in [4.78, 5) is 22.1. The number of nitrogens with zero attached hydrogens (tertiary/aromatic N) is 4. The number of aromatic nitrogens is 4. The Labute approximate surface area is 201 Å². The van der Waals surface area contributed by atoms with Crippen molar-refractivity contribution in [1.82, 2.24) is 25.0 Å². The lowest BCUT2D eigenvalue weighted by Crippen LogP contribution is -2.33. The Morgan fingerprint density at radius 2 is 1.89 bits per heavy atom. The van der Waals surface area contributed by atoms with Crippen LogP contribution in [0.2, 0.25) is 0 Å². The molecule has 3 aromatic heterocycles. The van der Waals surface area contributed by atoms with E-state index >= 15 is 0 Å². The largest absolute Gasteiger partial charge is 0.339 e. The highest BCUT2D eigenvalue weighted by atomic mass is 19.1. The first-order chi connectivity index (χ1) is 17.0. The summed E-state index contributed by atoms with van der Waals surface area (Å²) in [5, 5.41) is 8.01. The predicted molar refractivity (Wildman–Crippen MR) is 130 cm³/mol. The Hall–Kier alpha value is -4.33. The molecule has 5 aromatic rings. The molecule has 0 spiro atoms. The number of nitrogens with one attached hydrogen (secondary N) is 1. The van der Waals surface area contributed by atoms with Gasteiger partial charge in [0.25, 0.3) is 5.91 Å². The van der Waals surface area contributed by atoms with Crippen molar-refractivity contribution in [3.63, 3.8) is 0 Å². The maximum absolute atomic E-state index is 14.4. The van der Waals surface area contributed by atoms with E-state index in [1.807, 2.05) is 54.8 Å². The fourth-order valence-electron chi connectivity index (χ4n) is 4.07. The fraction of sp³-hybridized carbons (Fsp3) is 0.185. The number of carbonyl (C=O) groups excluding carboxylic acids is 1. The van der Waals surface area contributed by atoms with Gasteiger partial charge in [0.2, 0.25) is 11.7 Å². The Bertz CT molecular complexity index is 1480. The monoisotopic (exact) mass is 469 g/mol. The smallest absolute Gasteiger partial charge is 0.268 e. The van der Waals surface area contributed by atoms with Gasteiger partial charge in [-0.1, -0.05) is 55.4 Å². The molecule has 1 N–H and O–H groups in total. The zero-order chi connectivity index (χ0) is 24.4. The molecule has 0 bridgehead atoms. The van der Waals surface area contributed by atoms with Crippen LogP contribution < -0.4 is 5.32 Å². The molecule has 2 aromatic carbocycles. The molecule has 35 heavy (non-hydrogen) atoms. The van der Waals surface area contributed by atoms with Crippen LogP contribution in [0.25, 0.3) is 22.3 Å². The van der Waals surface area contributed by atoms with Gasteiger partial charge in [0.1, 0.15) is 17.6 Å². The van der Waals surface area contributed by atoms with Crippen molar-refractivity contribution in [2.75, 3.05) is 0 Å². The second-order valence-corrected chi connectivity index (χ2v) is 8.66. The van der Waals surface area contributed by atoms with Gasteiger partial charge in [0, 0.05) is 34.4 Å². The number of hydrogen-bond donors (Lipinski definition) is 1. The van der Waals surface area contributed by atoms with Gasteiger partial charge in [-0.15, -0.1) is 0 Å². The molecule has 1 atom stereocenters. The molecule has 1 unspecified atom stereocenters. The van der Waals surface area contributed by atoms with Gasteiger partial charge >= 0.3 is 0 Å². The number of rotatable bonds is 7. The molecule has 176 valence electrons. The van der Waals surface area contributed by atoms with E-state index in [4.69, 9.17) is 4.52 Å². The van der Waals surface area contributed by atoms with Crippen LogP contribution in [0.1, 0.15) is 41.8 Å². The van der Waals surface area contributed by atoms with Crippen LogP contribution in [-0.2, 0) is 6.54 Å². The van der Waals surface area contributed by atoms with E-state index in [1.54, 1.807) is 36.7 Å². The maximum Gasteiger partial charge on any atom is 0.268 e. The molecular formula is C27H24FN5O2. The standard InChI is InChI=1S/C27H24FN5O2/c1-17(2)24(27-31-25(32-35-27)19-10-7-13-29-15-19)30-26(34)23-14-18-8-4-6-12-22(18)33(23)16-20-9-3-5-11-21(20)28/h3-15,17,24H,16H2,1-2H3,(H,30,34). The Kier molecular flexibility index (Phi) is 6.10. The third-order valence-corrected chi connectivity index (χ3v) is 5.91. The molecule has 3 heterocycles. The summed E-state index contributed by atoms with van der Waals surface area (Å²) in [6.07, 6.45) is 3.32. The maximum atomic E-state index is 14.4. The average Bonchev–Trinajstić information content (AvgIpc) is 3.50. The van der Waals surface area contributed by atoms with E-state index in [1.165, 1.54) is 6.07 Å². The molecule has 0 aliphatic carbocycles. The van der Waals surface area contributed by atoms with Crippen LogP contribution in [0.15, 0.2) is 83.6 Å². The van der Waals surface area contributed by atoms with Gasteiger partial charge in [-0.3, -0.25) is 9.78 Å². The van der Waals surface area contributed by atoms with Gasteiger partial charge in [0.15, 0.2) is 0 Å². The van der Waals surface area contributed by atoms with Crippen molar-refractivity contribution in [3.8, 4) is 11.4 Å². The van der Waals surface area contributed by atoms with Crippen LogP contribution in [0, 0.1) is 11.7 Å². The van der Waals surface area contributed by atoms with Crippen LogP contribution in [0.3, 0.4) is 0 Å². The highest BCUT2D eigenvalue weighted by molar-refractivity contribution is 5.99. The van der Waals surface area contributed by atoms with Gasteiger partial charge in [-0.2, -0.15) is 4.98 Å². The van der Waals surface area contributed by atoms with E-state index in [9.17, 15) is 9.18 Å². The number of hydrogen-bond acceptors (Lipinski definition) is 5. The average molecular weight is 470 g/mol. The first-order valence-electron chi connectivity index (χ1n) is 11.4. The highest BCUT2D eigenvalue weighted by Gasteiger charge is 2.27. The molecule has 0 saturated heterocycles. The molecule has 0 fully saturated rings. The summed E-state index contributed by atoms with van der Waals surface area (Å²) in [5.41, 5.74) is 2.49. The van der Waals surface area contributed by atoms with Crippen molar-refractivity contribution < 1.29 is 13.7 Å². The third kappa shape index (κ3) is 4.55. The zero-order valence-electron chi connectivity index (χ0n) is 19.4. The summed E-state index contributed by atoms with van der Waals surface area (Å²) in [7, 11) is 0. The number of para-hydroxylation sites is 1. The van der Waals surface area contributed by atoms with Crippen LogP contribution in [0.5, 0.6) is 0 Å². The van der Waals surface area contributed by atoms with E-state index in [2.05, 4.69) is 20.4 Å². The molecule has 5 rings (SSSR count). The minimum atomic E-state index is -0.514. The Morgan fingerprint density at radius 3 is 2.66 bits per heavy atom. The minimum absolute atomic E-state index is 0.0226. The topological polar surface area (TPSA) is 85.8 Å². The summed E-state index contributed by atoms with van der Waals surface area (Å²) < 4.78 is 21.8. The lowest BCUT2D eigenvalue weighted by atomic mass is 10.0. The summed E-state index contributed by atoms with van der Waals surface area (Å²) >= 11 is 0. The molecule has 7 nitrogen and oxygen atoms in total. The third-order valence-electron chi connectivity index (χ3n) is 5.91. The van der Waals surface area contributed by atoms with Crippen molar-refractivity contribution in [3.05, 3.63) is 102 Å². The lowest BCUT2D eigenvalue weighted by molar-refractivity contribution is 0.0905. The molecule has 8 heteroatoms. The Morgan fingerprint density at radius 1 is 1.09 bits per heavy atom. The lowest BCUT2D eigenvalue weighted by Gasteiger charge is -2.19. The molecule has 0 radical (unpaired) electrons. The number of amides is 1. The van der Waals surface area contributed by atoms with E-state index in [0.29, 0.717) is 23.0 Å². The quantitative estimate of drug-likeness (QED) is 0.345. The number of carbonyl (C=O) groups is 1. The van der Waals surface area contributed by atoms with E-state index in [0.717, 1.165) is 16.5 Å². The van der Waals surface area contributed by atoms with E-state index < -0.39 is 6.04 Å². The normalized spacial score (nSPS) is 12.2. The van der Waals surface area contributed by atoms with Gasteiger partial charge in [-0.05, 0) is 36.2 Å². The first kappa shape index (κ1) is 22.5. The molecule has 0 aliphatic heterocycles. The van der Waals surface area contributed by atoms with Gasteiger partial charge in [0.05, 0.1) is 6.54 Å². The molecular weight excluding hydrogens is 445 g/mol. The highest BCUT2D eigenvalue weighted by Crippen LogP contribution is 2.26.